The average Bonchev–Trinajstić information content (AvgIpc) is 2.36. The lowest BCUT2D eigenvalue weighted by Gasteiger charge is -2.28. The van der Waals surface area contributed by atoms with Crippen LogP contribution in [-0.2, 0) is 9.53 Å². The summed E-state index contributed by atoms with van der Waals surface area (Å²) in [6.45, 7) is 4.13. The molecule has 0 aromatic heterocycles. The van der Waals surface area contributed by atoms with E-state index in [1.165, 1.54) is 0 Å². The molecular formula is C8H9BrClIO2. The van der Waals surface area contributed by atoms with Crippen molar-refractivity contribution in [2.24, 2.45) is 16.7 Å². The minimum absolute atomic E-state index is 0.0469. The maximum Gasteiger partial charge on any atom is 0.312 e. The van der Waals surface area contributed by atoms with Gasteiger partial charge in [-0.15, -0.1) is 0 Å². The third-order valence-electron chi connectivity index (χ3n) is 3.48. The van der Waals surface area contributed by atoms with Gasteiger partial charge < -0.3 is 4.74 Å². The molecule has 1 unspecified atom stereocenters. The minimum atomic E-state index is -0.994. The van der Waals surface area contributed by atoms with Crippen LogP contribution in [0.25, 0.3) is 0 Å². The summed E-state index contributed by atoms with van der Waals surface area (Å²) >= 11 is 11.7. The van der Waals surface area contributed by atoms with Gasteiger partial charge in [0.05, 0.1) is 11.3 Å². The molecule has 3 atom stereocenters. The zero-order valence-electron chi connectivity index (χ0n) is 7.23. The van der Waals surface area contributed by atoms with Gasteiger partial charge in [0.2, 0.25) is 3.97 Å². The highest BCUT2D eigenvalue weighted by Gasteiger charge is 2.87. The number of fused-ring (bicyclic) bond motifs is 1. The lowest BCUT2D eigenvalue weighted by Crippen LogP contribution is -2.33. The van der Waals surface area contributed by atoms with Crippen molar-refractivity contribution in [2.75, 3.05) is 4.43 Å². The van der Waals surface area contributed by atoms with Crippen molar-refractivity contribution in [1.82, 2.24) is 0 Å². The standard InChI is InChI=1S/C8H9BrClIO2/c1-6(2)4-5(12)13-8(9,10)7(4,6)3-11/h4H,3H2,1-2H3/t4-,7-,8?/m0/s1. The molecule has 0 amide bonds. The summed E-state index contributed by atoms with van der Waals surface area (Å²) in [7, 11) is 0. The number of carbonyl (C=O) groups excluding carboxylic acids is 1. The van der Waals surface area contributed by atoms with Gasteiger partial charge in [0.25, 0.3) is 0 Å². The zero-order valence-corrected chi connectivity index (χ0v) is 11.7. The first-order chi connectivity index (χ1) is 5.81. The van der Waals surface area contributed by atoms with E-state index in [0.717, 1.165) is 4.43 Å². The summed E-state index contributed by atoms with van der Waals surface area (Å²) in [4.78, 5) is 11.5. The molecular weight excluding hydrogens is 370 g/mol. The second-order valence-corrected chi connectivity index (χ2v) is 7.07. The van der Waals surface area contributed by atoms with Gasteiger partial charge in [-0.1, -0.05) is 48.0 Å². The van der Waals surface area contributed by atoms with Gasteiger partial charge in [0.15, 0.2) is 0 Å². The van der Waals surface area contributed by atoms with Crippen LogP contribution in [0.2, 0.25) is 0 Å². The Kier molecular flexibility index (Phi) is 2.06. The van der Waals surface area contributed by atoms with Gasteiger partial charge in [-0.3, -0.25) is 4.79 Å². The van der Waals surface area contributed by atoms with Crippen molar-refractivity contribution < 1.29 is 9.53 Å². The molecule has 5 heteroatoms. The first-order valence-corrected chi connectivity index (χ1v) is 6.67. The van der Waals surface area contributed by atoms with Gasteiger partial charge in [-0.25, -0.2) is 0 Å². The van der Waals surface area contributed by atoms with Gasteiger partial charge in [0, 0.05) is 4.43 Å². The maximum atomic E-state index is 11.5. The van der Waals surface area contributed by atoms with Crippen LogP contribution in [0.5, 0.6) is 0 Å². The molecule has 0 bridgehead atoms. The van der Waals surface area contributed by atoms with E-state index in [0.29, 0.717) is 0 Å². The molecule has 1 aliphatic heterocycles. The Morgan fingerprint density at radius 2 is 2.23 bits per heavy atom. The molecule has 0 aromatic carbocycles. The molecule has 0 N–H and O–H groups in total. The molecule has 2 aliphatic rings. The van der Waals surface area contributed by atoms with Crippen LogP contribution >= 0.6 is 50.1 Å². The Hall–Kier alpha value is 0.970. The summed E-state index contributed by atoms with van der Waals surface area (Å²) in [5, 5.41) is 0. The zero-order chi connectivity index (χ0) is 10.1. The van der Waals surface area contributed by atoms with Crippen LogP contribution in [0, 0.1) is 16.7 Å². The highest BCUT2D eigenvalue weighted by atomic mass is 127. The lowest BCUT2D eigenvalue weighted by atomic mass is 9.99. The molecule has 0 radical (unpaired) electrons. The Morgan fingerprint density at radius 3 is 2.46 bits per heavy atom. The van der Waals surface area contributed by atoms with E-state index < -0.39 is 3.97 Å². The normalized spacial score (nSPS) is 51.5. The number of alkyl halides is 3. The fourth-order valence-electron chi connectivity index (χ4n) is 2.50. The predicted octanol–water partition coefficient (Wildman–Crippen LogP) is 2.91. The van der Waals surface area contributed by atoms with Crippen LogP contribution in [-0.4, -0.2) is 14.4 Å². The minimum Gasteiger partial charge on any atom is -0.432 e. The number of halogens is 3. The number of rotatable bonds is 1. The summed E-state index contributed by atoms with van der Waals surface area (Å²) in [6.07, 6.45) is 0. The smallest absolute Gasteiger partial charge is 0.312 e. The van der Waals surface area contributed by atoms with E-state index in [2.05, 4.69) is 52.4 Å². The van der Waals surface area contributed by atoms with E-state index >= 15 is 0 Å². The van der Waals surface area contributed by atoms with E-state index in [9.17, 15) is 4.79 Å². The van der Waals surface area contributed by atoms with Crippen molar-refractivity contribution in [3.05, 3.63) is 0 Å². The van der Waals surface area contributed by atoms with Gasteiger partial charge >= 0.3 is 5.97 Å². The topological polar surface area (TPSA) is 26.3 Å². The highest BCUT2D eigenvalue weighted by molar-refractivity contribution is 14.1. The second kappa shape index (κ2) is 2.55. The summed E-state index contributed by atoms with van der Waals surface area (Å²) < 4.78 is 4.91. The van der Waals surface area contributed by atoms with Gasteiger partial charge in [-0.05, 0) is 21.3 Å². The molecule has 2 fully saturated rings. The van der Waals surface area contributed by atoms with E-state index in [1.807, 2.05) is 0 Å². The summed E-state index contributed by atoms with van der Waals surface area (Å²) in [5.74, 6) is -0.220. The van der Waals surface area contributed by atoms with Crippen molar-refractivity contribution >= 4 is 56.1 Å². The summed E-state index contributed by atoms with van der Waals surface area (Å²) in [5.41, 5.74) is -0.284. The third kappa shape index (κ3) is 0.930. The van der Waals surface area contributed by atoms with Crippen LogP contribution in [0.3, 0.4) is 0 Å². The Morgan fingerprint density at radius 1 is 1.69 bits per heavy atom. The highest BCUT2D eigenvalue weighted by Crippen LogP contribution is 2.81. The lowest BCUT2D eigenvalue weighted by molar-refractivity contribution is -0.145. The van der Waals surface area contributed by atoms with Crippen LogP contribution in [0.4, 0.5) is 0 Å². The Bertz CT molecular complexity index is 292. The Balaban J connectivity index is 2.48. The molecule has 1 saturated heterocycles. The molecule has 1 saturated carbocycles. The number of cyclic esters (lactones) is 1. The van der Waals surface area contributed by atoms with Gasteiger partial charge in [0.1, 0.15) is 0 Å². The van der Waals surface area contributed by atoms with E-state index in [1.54, 1.807) is 0 Å². The fourth-order valence-corrected chi connectivity index (χ4v) is 6.74. The van der Waals surface area contributed by atoms with Crippen molar-refractivity contribution in [3.8, 4) is 0 Å². The monoisotopic (exact) mass is 378 g/mol. The van der Waals surface area contributed by atoms with Crippen LogP contribution in [0.1, 0.15) is 13.8 Å². The molecule has 13 heavy (non-hydrogen) atoms. The van der Waals surface area contributed by atoms with Crippen molar-refractivity contribution in [2.45, 2.75) is 17.8 Å². The molecule has 74 valence electrons. The van der Waals surface area contributed by atoms with Crippen LogP contribution in [0.15, 0.2) is 0 Å². The number of ether oxygens (including phenoxy) is 1. The number of carbonyl (C=O) groups is 1. The number of hydrogen-bond donors (Lipinski definition) is 0. The fraction of sp³-hybridized carbons (Fsp3) is 0.875. The first-order valence-electron chi connectivity index (χ1n) is 3.98. The van der Waals surface area contributed by atoms with E-state index in [-0.39, 0.29) is 22.7 Å². The van der Waals surface area contributed by atoms with Crippen molar-refractivity contribution in [3.63, 3.8) is 0 Å². The largest absolute Gasteiger partial charge is 0.432 e. The number of hydrogen-bond acceptors (Lipinski definition) is 2. The summed E-state index contributed by atoms with van der Waals surface area (Å²) in [6, 6.07) is 0. The molecule has 2 rings (SSSR count). The van der Waals surface area contributed by atoms with Crippen LogP contribution < -0.4 is 0 Å². The van der Waals surface area contributed by atoms with Crippen molar-refractivity contribution in [1.29, 1.82) is 0 Å². The SMILES string of the molecule is CC1(C)[C@@H]2C(=O)OC(Cl)(Br)[C@@]21CI. The molecule has 1 aliphatic carbocycles. The molecule has 0 spiro atoms. The molecule has 0 aromatic rings. The average molecular weight is 379 g/mol. The van der Waals surface area contributed by atoms with Gasteiger partial charge in [-0.2, -0.15) is 0 Å². The quantitative estimate of drug-likeness (QED) is 0.398. The Labute approximate surface area is 104 Å². The first kappa shape index (κ1) is 10.5. The number of esters is 1. The second-order valence-electron chi connectivity index (χ2n) is 4.20. The third-order valence-corrected chi connectivity index (χ3v) is 5.96. The predicted molar refractivity (Wildman–Crippen MR) is 62.2 cm³/mol. The van der Waals surface area contributed by atoms with E-state index in [4.69, 9.17) is 16.3 Å². The molecule has 1 heterocycles. The maximum absolute atomic E-state index is 11.5. The molecule has 2 nitrogen and oxygen atoms in total.